The summed E-state index contributed by atoms with van der Waals surface area (Å²) in [6.07, 6.45) is 0. The summed E-state index contributed by atoms with van der Waals surface area (Å²) in [7, 11) is 0. The molecule has 1 rings (SSSR count). The standard InChI is InChI=1S/C10H9IO2/c1-6-3-4-8(5-7(6)2)9(12)10(11)13/h3-5H,1-2H3. The topological polar surface area (TPSA) is 34.1 Å². The van der Waals surface area contributed by atoms with Crippen molar-refractivity contribution < 1.29 is 9.59 Å². The molecule has 2 nitrogen and oxygen atoms in total. The molecule has 0 heterocycles. The van der Waals surface area contributed by atoms with Gasteiger partial charge in [0.05, 0.1) is 0 Å². The zero-order valence-corrected chi connectivity index (χ0v) is 9.58. The Kier molecular flexibility index (Phi) is 3.19. The summed E-state index contributed by atoms with van der Waals surface area (Å²) in [6, 6.07) is 5.28. The minimum atomic E-state index is -0.444. The van der Waals surface area contributed by atoms with E-state index in [4.69, 9.17) is 0 Å². The second-order valence-corrected chi connectivity index (χ2v) is 3.88. The number of benzene rings is 1. The van der Waals surface area contributed by atoms with E-state index < -0.39 is 9.57 Å². The van der Waals surface area contributed by atoms with E-state index in [0.717, 1.165) is 11.1 Å². The second-order valence-electron chi connectivity index (χ2n) is 2.90. The predicted octanol–water partition coefficient (Wildman–Crippen LogP) is 2.45. The molecule has 1 aromatic carbocycles. The molecule has 0 aliphatic rings. The van der Waals surface area contributed by atoms with Crippen LogP contribution in [-0.4, -0.2) is 9.57 Å². The van der Waals surface area contributed by atoms with Crippen molar-refractivity contribution in [2.45, 2.75) is 13.8 Å². The van der Waals surface area contributed by atoms with Gasteiger partial charge in [-0.25, -0.2) is 0 Å². The highest BCUT2D eigenvalue weighted by Gasteiger charge is 2.12. The maximum atomic E-state index is 11.3. The molecular formula is C10H9IO2. The fourth-order valence-corrected chi connectivity index (χ4v) is 1.31. The average molecular weight is 288 g/mol. The Morgan fingerprint density at radius 1 is 1.15 bits per heavy atom. The smallest absolute Gasteiger partial charge is 0.262 e. The first-order chi connectivity index (χ1) is 6.02. The molecule has 0 N–H and O–H groups in total. The second kappa shape index (κ2) is 4.00. The van der Waals surface area contributed by atoms with Crippen LogP contribution in [0.1, 0.15) is 21.5 Å². The lowest BCUT2D eigenvalue weighted by atomic mass is 10.0. The molecule has 13 heavy (non-hydrogen) atoms. The highest BCUT2D eigenvalue weighted by Crippen LogP contribution is 2.11. The Morgan fingerprint density at radius 3 is 2.23 bits per heavy atom. The molecule has 0 saturated heterocycles. The van der Waals surface area contributed by atoms with Gasteiger partial charge in [0, 0.05) is 28.2 Å². The van der Waals surface area contributed by atoms with Crippen LogP contribution in [0.3, 0.4) is 0 Å². The fourth-order valence-electron chi connectivity index (χ4n) is 0.996. The Balaban J connectivity index is 3.11. The zero-order valence-electron chi connectivity index (χ0n) is 7.43. The summed E-state index contributed by atoms with van der Waals surface area (Å²) in [5, 5.41) is 0. The lowest BCUT2D eigenvalue weighted by molar-refractivity contribution is -0.106. The first kappa shape index (κ1) is 10.4. The van der Waals surface area contributed by atoms with Gasteiger partial charge in [-0.1, -0.05) is 12.1 Å². The first-order valence-electron chi connectivity index (χ1n) is 3.84. The summed E-state index contributed by atoms with van der Waals surface area (Å²) < 4.78 is -0.444. The van der Waals surface area contributed by atoms with Gasteiger partial charge in [-0.05, 0) is 31.0 Å². The van der Waals surface area contributed by atoms with Crippen LogP contribution in [0, 0.1) is 13.8 Å². The van der Waals surface area contributed by atoms with Crippen LogP contribution in [0.25, 0.3) is 0 Å². The van der Waals surface area contributed by atoms with Crippen LogP contribution in [0.4, 0.5) is 0 Å². The molecule has 0 aliphatic heterocycles. The van der Waals surface area contributed by atoms with Crippen LogP contribution in [0.2, 0.25) is 0 Å². The number of Topliss-reactive ketones (excluding diaryl/α,β-unsaturated/α-hetero) is 1. The molecule has 0 fully saturated rings. The Bertz CT molecular complexity index is 369. The van der Waals surface area contributed by atoms with Gasteiger partial charge in [0.15, 0.2) is 0 Å². The lowest BCUT2D eigenvalue weighted by Crippen LogP contribution is -2.06. The normalized spacial score (nSPS) is 9.77. The van der Waals surface area contributed by atoms with Gasteiger partial charge < -0.3 is 0 Å². The van der Waals surface area contributed by atoms with E-state index in [1.165, 1.54) is 22.6 Å². The molecule has 0 amide bonds. The summed E-state index contributed by atoms with van der Waals surface area (Å²) in [4.78, 5) is 22.0. The molecule has 0 spiro atoms. The van der Waals surface area contributed by atoms with E-state index in [0.29, 0.717) is 5.56 Å². The molecule has 68 valence electrons. The minimum absolute atomic E-state index is 0.427. The molecule has 0 saturated carbocycles. The molecular weight excluding hydrogens is 279 g/mol. The molecule has 0 radical (unpaired) electrons. The summed E-state index contributed by atoms with van der Waals surface area (Å²) in [6.45, 7) is 3.89. The van der Waals surface area contributed by atoms with Gasteiger partial charge >= 0.3 is 0 Å². The van der Waals surface area contributed by atoms with E-state index >= 15 is 0 Å². The number of halogens is 1. The van der Waals surface area contributed by atoms with Gasteiger partial charge in [0.2, 0.25) is 5.78 Å². The van der Waals surface area contributed by atoms with Crippen molar-refractivity contribution in [3.05, 3.63) is 34.9 Å². The molecule has 3 heteroatoms. The summed E-state index contributed by atoms with van der Waals surface area (Å²) >= 11 is 1.50. The number of rotatable bonds is 2. The largest absolute Gasteiger partial charge is 0.284 e. The van der Waals surface area contributed by atoms with Crippen molar-refractivity contribution in [3.63, 3.8) is 0 Å². The predicted molar refractivity (Wildman–Crippen MR) is 59.3 cm³/mol. The number of carbonyl (C=O) groups is 2. The highest BCUT2D eigenvalue weighted by molar-refractivity contribution is 14.1. The van der Waals surface area contributed by atoms with E-state index in [1.807, 2.05) is 19.9 Å². The van der Waals surface area contributed by atoms with Crippen molar-refractivity contribution in [1.29, 1.82) is 0 Å². The lowest BCUT2D eigenvalue weighted by Gasteiger charge is -2.01. The number of aryl methyl sites for hydroxylation is 2. The van der Waals surface area contributed by atoms with Crippen molar-refractivity contribution >= 4 is 32.2 Å². The van der Waals surface area contributed by atoms with Gasteiger partial charge in [0.25, 0.3) is 3.79 Å². The van der Waals surface area contributed by atoms with E-state index in [2.05, 4.69) is 0 Å². The maximum absolute atomic E-state index is 11.3. The number of hydrogen-bond acceptors (Lipinski definition) is 2. The van der Waals surface area contributed by atoms with Gasteiger partial charge in [0.1, 0.15) is 0 Å². The van der Waals surface area contributed by atoms with Crippen molar-refractivity contribution in [2.24, 2.45) is 0 Å². The van der Waals surface area contributed by atoms with Crippen LogP contribution >= 0.6 is 22.6 Å². The Hall–Kier alpha value is -0.710. The monoisotopic (exact) mass is 288 g/mol. The number of ketones is 1. The SMILES string of the molecule is Cc1ccc(C(=O)C(=O)I)cc1C. The van der Waals surface area contributed by atoms with Gasteiger partial charge in [-0.2, -0.15) is 0 Å². The van der Waals surface area contributed by atoms with Crippen LogP contribution in [0.15, 0.2) is 18.2 Å². The van der Waals surface area contributed by atoms with Crippen molar-refractivity contribution in [1.82, 2.24) is 0 Å². The third-order valence-electron chi connectivity index (χ3n) is 1.95. The van der Waals surface area contributed by atoms with E-state index in [9.17, 15) is 9.59 Å². The van der Waals surface area contributed by atoms with Crippen molar-refractivity contribution in [2.75, 3.05) is 0 Å². The van der Waals surface area contributed by atoms with E-state index in [1.54, 1.807) is 12.1 Å². The average Bonchev–Trinajstić information content (AvgIpc) is 2.08. The number of carbonyl (C=O) groups excluding carboxylic acids is 2. The minimum Gasteiger partial charge on any atom is -0.284 e. The van der Waals surface area contributed by atoms with Crippen LogP contribution < -0.4 is 0 Å². The van der Waals surface area contributed by atoms with Gasteiger partial charge in [-0.3, -0.25) is 9.59 Å². The molecule has 0 unspecified atom stereocenters. The molecule has 0 bridgehead atoms. The third kappa shape index (κ3) is 2.37. The summed E-state index contributed by atoms with van der Waals surface area (Å²) in [5.41, 5.74) is 2.63. The van der Waals surface area contributed by atoms with Crippen LogP contribution in [-0.2, 0) is 4.79 Å². The van der Waals surface area contributed by atoms with Gasteiger partial charge in [-0.15, -0.1) is 0 Å². The third-order valence-corrected chi connectivity index (χ3v) is 2.44. The molecule has 0 aromatic heterocycles. The highest BCUT2D eigenvalue weighted by atomic mass is 127. The number of hydrogen-bond donors (Lipinski definition) is 0. The van der Waals surface area contributed by atoms with E-state index in [-0.39, 0.29) is 0 Å². The maximum Gasteiger partial charge on any atom is 0.262 e. The first-order valence-corrected chi connectivity index (χ1v) is 4.91. The molecule has 1 aromatic rings. The zero-order chi connectivity index (χ0) is 10.0. The summed E-state index contributed by atoms with van der Waals surface area (Å²) in [5.74, 6) is -0.427. The fraction of sp³-hybridized carbons (Fsp3) is 0.200. The molecule has 0 aliphatic carbocycles. The quantitative estimate of drug-likeness (QED) is 0.362. The Morgan fingerprint density at radius 2 is 1.77 bits per heavy atom. The molecule has 0 atom stereocenters. The Labute approximate surface area is 90.5 Å². The van der Waals surface area contributed by atoms with Crippen molar-refractivity contribution in [3.8, 4) is 0 Å². The van der Waals surface area contributed by atoms with Crippen LogP contribution in [0.5, 0.6) is 0 Å².